The van der Waals surface area contributed by atoms with E-state index >= 15 is 0 Å². The maximum Gasteiger partial charge on any atom is 0.338 e. The first-order chi connectivity index (χ1) is 18.8. The second kappa shape index (κ2) is 15.0. The van der Waals surface area contributed by atoms with E-state index in [0.29, 0.717) is 37.4 Å². The van der Waals surface area contributed by atoms with Crippen molar-refractivity contribution in [1.29, 1.82) is 0 Å². The third-order valence-corrected chi connectivity index (χ3v) is 6.99. The Labute approximate surface area is 232 Å². The SMILES string of the molecule is CCOC(=O)c1ccc(NC(=O)N(CCCOC)CC(=O)N(Cc2ccc(F)cc2)Cc2sccc2C)cc1. The number of halogens is 1. The summed E-state index contributed by atoms with van der Waals surface area (Å²) in [5.74, 6) is -1.02. The Morgan fingerprint density at radius 2 is 1.69 bits per heavy atom. The molecule has 0 unspecified atom stereocenters. The van der Waals surface area contributed by atoms with Crippen LogP contribution in [0.1, 0.15) is 39.7 Å². The molecule has 0 aliphatic heterocycles. The maximum absolute atomic E-state index is 13.6. The van der Waals surface area contributed by atoms with Crippen molar-refractivity contribution in [2.45, 2.75) is 33.4 Å². The van der Waals surface area contributed by atoms with Crippen LogP contribution in [0.4, 0.5) is 14.9 Å². The van der Waals surface area contributed by atoms with E-state index in [1.807, 2.05) is 18.4 Å². The van der Waals surface area contributed by atoms with Gasteiger partial charge >= 0.3 is 12.0 Å². The number of ether oxygens (including phenoxy) is 2. The molecular formula is C29H34FN3O5S. The molecule has 0 aliphatic carbocycles. The van der Waals surface area contributed by atoms with E-state index in [-0.39, 0.29) is 31.4 Å². The van der Waals surface area contributed by atoms with Crippen LogP contribution >= 0.6 is 11.3 Å². The number of hydrogen-bond donors (Lipinski definition) is 1. The van der Waals surface area contributed by atoms with E-state index in [0.717, 1.165) is 16.0 Å². The van der Waals surface area contributed by atoms with Gasteiger partial charge in [0, 0.05) is 37.4 Å². The van der Waals surface area contributed by atoms with Crippen molar-refractivity contribution in [1.82, 2.24) is 9.80 Å². The van der Waals surface area contributed by atoms with Gasteiger partial charge in [0.15, 0.2) is 0 Å². The smallest absolute Gasteiger partial charge is 0.338 e. The van der Waals surface area contributed by atoms with E-state index in [9.17, 15) is 18.8 Å². The Morgan fingerprint density at radius 1 is 0.974 bits per heavy atom. The van der Waals surface area contributed by atoms with Crippen LogP contribution < -0.4 is 5.32 Å². The van der Waals surface area contributed by atoms with Gasteiger partial charge in [0.05, 0.1) is 18.7 Å². The van der Waals surface area contributed by atoms with Crippen LogP contribution in [0.15, 0.2) is 60.0 Å². The number of methoxy groups -OCH3 is 1. The lowest BCUT2D eigenvalue weighted by Gasteiger charge is -2.28. The first-order valence-electron chi connectivity index (χ1n) is 12.7. The van der Waals surface area contributed by atoms with Gasteiger partial charge in [0.2, 0.25) is 5.91 Å². The number of nitrogens with zero attached hydrogens (tertiary/aromatic N) is 2. The quantitative estimate of drug-likeness (QED) is 0.223. The Kier molecular flexibility index (Phi) is 11.4. The number of nitrogens with one attached hydrogen (secondary N) is 1. The molecule has 1 heterocycles. The fraction of sp³-hybridized carbons (Fsp3) is 0.345. The number of thiophene rings is 1. The zero-order valence-corrected chi connectivity index (χ0v) is 23.3. The number of carbonyl (C=O) groups excluding carboxylic acids is 3. The maximum atomic E-state index is 13.6. The van der Waals surface area contributed by atoms with Gasteiger partial charge in [-0.05, 0) is 79.2 Å². The Hall–Kier alpha value is -3.76. The monoisotopic (exact) mass is 555 g/mol. The predicted molar refractivity (Wildman–Crippen MR) is 149 cm³/mol. The highest BCUT2D eigenvalue weighted by molar-refractivity contribution is 7.10. The van der Waals surface area contributed by atoms with Crippen molar-refractivity contribution in [3.63, 3.8) is 0 Å². The summed E-state index contributed by atoms with van der Waals surface area (Å²) in [5, 5.41) is 4.78. The van der Waals surface area contributed by atoms with Crippen LogP contribution in [0.2, 0.25) is 0 Å². The lowest BCUT2D eigenvalue weighted by molar-refractivity contribution is -0.133. The molecule has 0 radical (unpaired) electrons. The third kappa shape index (κ3) is 9.19. The summed E-state index contributed by atoms with van der Waals surface area (Å²) in [4.78, 5) is 42.9. The normalized spacial score (nSPS) is 10.7. The lowest BCUT2D eigenvalue weighted by Crippen LogP contribution is -2.44. The van der Waals surface area contributed by atoms with Gasteiger partial charge in [0.1, 0.15) is 12.4 Å². The summed E-state index contributed by atoms with van der Waals surface area (Å²) in [6.07, 6.45) is 0.543. The molecule has 3 aromatic rings. The van der Waals surface area contributed by atoms with E-state index in [4.69, 9.17) is 9.47 Å². The second-order valence-corrected chi connectivity index (χ2v) is 9.90. The molecule has 3 amide bonds. The highest BCUT2D eigenvalue weighted by atomic mass is 32.1. The van der Waals surface area contributed by atoms with Gasteiger partial charge in [0.25, 0.3) is 0 Å². The first-order valence-corrected chi connectivity index (χ1v) is 13.6. The van der Waals surface area contributed by atoms with Gasteiger partial charge in [-0.15, -0.1) is 11.3 Å². The van der Waals surface area contributed by atoms with Gasteiger partial charge in [-0.1, -0.05) is 12.1 Å². The number of aryl methyl sites for hydroxylation is 1. The molecule has 1 N–H and O–H groups in total. The van der Waals surface area contributed by atoms with Crippen LogP contribution in [0.25, 0.3) is 0 Å². The number of amides is 3. The minimum absolute atomic E-state index is 0.151. The number of anilines is 1. The van der Waals surface area contributed by atoms with Crippen molar-refractivity contribution in [3.8, 4) is 0 Å². The van der Waals surface area contributed by atoms with Crippen LogP contribution in [0, 0.1) is 12.7 Å². The van der Waals surface area contributed by atoms with Crippen LogP contribution in [-0.2, 0) is 27.4 Å². The van der Waals surface area contributed by atoms with Crippen molar-refractivity contribution < 1.29 is 28.2 Å². The topological polar surface area (TPSA) is 88.2 Å². The number of esters is 1. The highest BCUT2D eigenvalue weighted by Crippen LogP contribution is 2.20. The molecule has 0 saturated heterocycles. The molecule has 39 heavy (non-hydrogen) atoms. The van der Waals surface area contributed by atoms with Gasteiger partial charge in [-0.2, -0.15) is 0 Å². The van der Waals surface area contributed by atoms with Crippen molar-refractivity contribution >= 4 is 34.9 Å². The number of carbonyl (C=O) groups is 3. The molecule has 0 spiro atoms. The fourth-order valence-electron chi connectivity index (χ4n) is 3.80. The molecule has 0 atom stereocenters. The molecule has 0 fully saturated rings. The van der Waals surface area contributed by atoms with E-state index < -0.39 is 12.0 Å². The summed E-state index contributed by atoms with van der Waals surface area (Å²) < 4.78 is 23.6. The number of rotatable bonds is 13. The van der Waals surface area contributed by atoms with Crippen LogP contribution in [-0.4, -0.2) is 61.1 Å². The van der Waals surface area contributed by atoms with Crippen LogP contribution in [0.3, 0.4) is 0 Å². The Bertz CT molecular complexity index is 1230. The number of hydrogen-bond acceptors (Lipinski definition) is 6. The molecule has 3 rings (SSSR count). The fourth-order valence-corrected chi connectivity index (χ4v) is 4.72. The van der Waals surface area contributed by atoms with Gasteiger partial charge < -0.3 is 24.6 Å². The van der Waals surface area contributed by atoms with Crippen LogP contribution in [0.5, 0.6) is 0 Å². The zero-order chi connectivity index (χ0) is 28.2. The van der Waals surface area contributed by atoms with E-state index in [2.05, 4.69) is 5.32 Å². The molecular weight excluding hydrogens is 521 g/mol. The predicted octanol–water partition coefficient (Wildman–Crippen LogP) is 5.47. The van der Waals surface area contributed by atoms with Gasteiger partial charge in [-0.25, -0.2) is 14.0 Å². The molecule has 10 heteroatoms. The molecule has 2 aromatic carbocycles. The van der Waals surface area contributed by atoms with Crippen molar-refractivity contribution in [2.75, 3.05) is 38.7 Å². The highest BCUT2D eigenvalue weighted by Gasteiger charge is 2.23. The Morgan fingerprint density at radius 3 is 2.31 bits per heavy atom. The summed E-state index contributed by atoms with van der Waals surface area (Å²) in [6.45, 7) is 5.23. The molecule has 0 aliphatic rings. The van der Waals surface area contributed by atoms with Crippen molar-refractivity contribution in [3.05, 3.63) is 87.4 Å². The summed E-state index contributed by atoms with van der Waals surface area (Å²) in [5.41, 5.74) is 2.73. The molecule has 0 bridgehead atoms. The average Bonchev–Trinajstić information content (AvgIpc) is 3.33. The summed E-state index contributed by atoms with van der Waals surface area (Å²) in [6, 6.07) is 14.0. The van der Waals surface area contributed by atoms with Crippen molar-refractivity contribution in [2.24, 2.45) is 0 Å². The molecule has 0 saturated carbocycles. The first kappa shape index (κ1) is 29.8. The third-order valence-electron chi connectivity index (χ3n) is 5.98. The minimum Gasteiger partial charge on any atom is -0.462 e. The van der Waals surface area contributed by atoms with E-state index in [1.165, 1.54) is 17.0 Å². The van der Waals surface area contributed by atoms with Gasteiger partial charge in [-0.3, -0.25) is 4.79 Å². The number of benzene rings is 2. The molecule has 208 valence electrons. The lowest BCUT2D eigenvalue weighted by atomic mass is 10.2. The summed E-state index contributed by atoms with van der Waals surface area (Å²) in [7, 11) is 1.58. The number of urea groups is 1. The minimum atomic E-state index is -0.447. The second-order valence-electron chi connectivity index (χ2n) is 8.90. The standard InChI is InChI=1S/C29H34FN3O5S/c1-4-38-28(35)23-8-12-25(13-9-23)31-29(36)32(15-5-16-37-3)20-27(34)33(19-26-21(2)14-17-39-26)18-22-6-10-24(30)11-7-22/h6-14,17H,4-5,15-16,18-20H2,1-3H3,(H,31,36). The zero-order valence-electron chi connectivity index (χ0n) is 22.4. The average molecular weight is 556 g/mol. The van der Waals surface area contributed by atoms with E-state index in [1.54, 1.807) is 66.7 Å². The summed E-state index contributed by atoms with van der Waals surface area (Å²) >= 11 is 1.56. The molecule has 8 nitrogen and oxygen atoms in total. The Balaban J connectivity index is 1.75. The largest absolute Gasteiger partial charge is 0.462 e. The molecule has 1 aromatic heterocycles.